The van der Waals surface area contributed by atoms with E-state index in [4.69, 9.17) is 19.9 Å². The van der Waals surface area contributed by atoms with Crippen molar-refractivity contribution in [3.8, 4) is 45.6 Å². The van der Waals surface area contributed by atoms with Gasteiger partial charge in [0, 0.05) is 85.6 Å². The monoisotopic (exact) mass is 1220 g/mol. The molecule has 8 bridgehead atoms. The summed E-state index contributed by atoms with van der Waals surface area (Å²) < 4.78 is 71.8. The summed E-state index contributed by atoms with van der Waals surface area (Å²) in [6.45, 7) is 24.0. The van der Waals surface area contributed by atoms with Crippen molar-refractivity contribution >= 4 is 64.4 Å². The molecule has 1 radical (unpaired) electrons. The van der Waals surface area contributed by atoms with Crippen LogP contribution < -0.4 is 20.6 Å². The number of aromatic nitrogens is 8. The maximum absolute atomic E-state index is 12.0. The third-order valence-electron chi connectivity index (χ3n) is 16.2. The Morgan fingerprint density at radius 3 is 0.904 bits per heavy atom. The zero-order valence-electron chi connectivity index (χ0n) is 49.8. The summed E-state index contributed by atoms with van der Waals surface area (Å²) in [6.07, 6.45) is 22.3. The van der Waals surface area contributed by atoms with E-state index in [2.05, 4.69) is 86.0 Å². The number of nitrogens with two attached hydrogens (primary N) is 2. The van der Waals surface area contributed by atoms with Gasteiger partial charge in [-0.15, -0.1) is 0 Å². The third-order valence-corrected chi connectivity index (χ3v) is 17.9. The maximum Gasteiger partial charge on any atom is 0.124 e. The first-order valence-corrected chi connectivity index (χ1v) is 33.1. The normalized spacial score (nSPS) is 13.4. The molecule has 0 fully saturated rings. The summed E-state index contributed by atoms with van der Waals surface area (Å²) in [7, 11) is -9.61. The Hall–Kier alpha value is -5.50. The first-order chi connectivity index (χ1) is 39.6. The largest absolute Gasteiger partial charge is 0.744 e. The van der Waals surface area contributed by atoms with E-state index in [1.807, 2.05) is 0 Å². The molecule has 4 unspecified atom stereocenters. The van der Waals surface area contributed by atoms with Crippen LogP contribution in [0.25, 0.3) is 89.7 Å². The molecule has 0 spiro atoms. The fraction of sp³-hybridized carbons (Fsp3) is 0.500. The van der Waals surface area contributed by atoms with Crippen LogP contribution in [0.3, 0.4) is 0 Å². The molecular weight excluding hydrogens is 1130 g/mol. The predicted molar refractivity (Wildman–Crippen MR) is 326 cm³/mol. The second kappa shape index (κ2) is 32.1. The van der Waals surface area contributed by atoms with Gasteiger partial charge in [-0.1, -0.05) is 167 Å². The van der Waals surface area contributed by atoms with Crippen LogP contribution in [0.4, 0.5) is 0 Å². The van der Waals surface area contributed by atoms with Crippen molar-refractivity contribution < 1.29 is 53.6 Å². The Labute approximate surface area is 503 Å². The van der Waals surface area contributed by atoms with E-state index in [-0.39, 0.29) is 74.1 Å². The molecule has 0 amide bonds. The summed E-state index contributed by atoms with van der Waals surface area (Å²) in [5.41, 5.74) is 2.22. The minimum atomic E-state index is -4.81. The number of hydrogen-bond donors (Lipinski definition) is 2. The van der Waals surface area contributed by atoms with Crippen LogP contribution in [0.2, 0.25) is 0 Å². The SMILES string of the molecule is CCCCC(CC)C[NH2+]CC(CC)CCCC.CCCCC(CC)C[NH2+]CC(CC)CCCC.O=S(=O)([O-])c1ccc2c(c1)-c1nc-2nc2[n-]c(nc3nc(nc4[n-]c(n1)c1ccccc41)-c1ccc(S(=O)(=O)[O-])cc1-3)c1ccccc21.[Cu]. The van der Waals surface area contributed by atoms with Crippen LogP contribution in [0.5, 0.6) is 0 Å². The van der Waals surface area contributed by atoms with Crippen molar-refractivity contribution in [1.29, 1.82) is 0 Å². The van der Waals surface area contributed by atoms with Gasteiger partial charge in [0.15, 0.2) is 0 Å². The van der Waals surface area contributed by atoms with Gasteiger partial charge in [-0.2, -0.15) is 0 Å². The van der Waals surface area contributed by atoms with E-state index in [0.717, 1.165) is 23.7 Å². The first kappa shape index (κ1) is 66.6. The van der Waals surface area contributed by atoms with E-state index in [1.165, 1.54) is 165 Å². The molecule has 453 valence electrons. The van der Waals surface area contributed by atoms with Crippen LogP contribution in [-0.4, -0.2) is 82.0 Å². The zero-order valence-corrected chi connectivity index (χ0v) is 52.4. The van der Waals surface area contributed by atoms with Gasteiger partial charge in [-0.25, -0.2) is 26.8 Å². The van der Waals surface area contributed by atoms with Gasteiger partial charge in [0.25, 0.3) is 0 Å². The van der Waals surface area contributed by atoms with Gasteiger partial charge < -0.3 is 49.6 Å². The fourth-order valence-corrected chi connectivity index (χ4v) is 11.9. The molecule has 0 saturated carbocycles. The van der Waals surface area contributed by atoms with Gasteiger partial charge in [-0.3, -0.25) is 0 Å². The second-order valence-corrected chi connectivity index (χ2v) is 24.8. The Morgan fingerprint density at radius 2 is 0.663 bits per heavy atom. The average molecular weight is 1220 g/mol. The Morgan fingerprint density at radius 1 is 0.398 bits per heavy atom. The molecule has 4 N–H and O–H groups in total. The molecular formula is C64H86CuN10O6S2-2. The number of hydrogen-bond acceptors (Lipinski definition) is 12. The number of fused-ring (bicyclic) bond motifs is 20. The van der Waals surface area contributed by atoms with E-state index < -0.39 is 30.0 Å². The quantitative estimate of drug-likeness (QED) is 0.0378. The molecule has 83 heavy (non-hydrogen) atoms. The van der Waals surface area contributed by atoms with Crippen LogP contribution in [0.1, 0.15) is 158 Å². The minimum Gasteiger partial charge on any atom is -0.744 e. The standard InChI is InChI=1S/C32H16N8O6S2.2C16H35N.Cu/c41-47(42,43)15-9-11-21-23(13-15)32-38-28-20-8-4-2-6-18(20)26(34-28)36-30-22-12-10-16(48(44,45)46)14-24(22)31(40-30)37-27-19-7-3-1-5-17(19)25(33-27)35-29(21)39-32;2*1-5-9-11-15(7-3)13-17-14-16(8-4)12-10-6-2;/h1-14H,(H2-2,33,34,35,36,37,38,39,40,41,42,43,44,45,46);2*15-17H,5-14H2,1-4H3;/q-2;;;. The zero-order chi connectivity index (χ0) is 58.8. The van der Waals surface area contributed by atoms with Crippen LogP contribution in [-0.2, 0) is 37.3 Å². The van der Waals surface area contributed by atoms with Crippen molar-refractivity contribution in [3.63, 3.8) is 0 Å². The molecule has 5 heterocycles. The summed E-state index contributed by atoms with van der Waals surface area (Å²) in [4.78, 5) is 36.6. The van der Waals surface area contributed by atoms with Crippen LogP contribution in [0.15, 0.2) is 94.7 Å². The van der Waals surface area contributed by atoms with E-state index in [9.17, 15) is 25.9 Å². The topological polar surface area (TPSA) is 253 Å². The van der Waals surface area contributed by atoms with Gasteiger partial charge in [0.1, 0.15) is 20.2 Å². The van der Waals surface area contributed by atoms with Gasteiger partial charge >= 0.3 is 0 Å². The molecule has 16 nitrogen and oxygen atoms in total. The van der Waals surface area contributed by atoms with Gasteiger partial charge in [0.2, 0.25) is 0 Å². The summed E-state index contributed by atoms with van der Waals surface area (Å²) >= 11 is 0. The molecule has 0 saturated heterocycles. The van der Waals surface area contributed by atoms with Crippen molar-refractivity contribution in [2.75, 3.05) is 26.2 Å². The summed E-state index contributed by atoms with van der Waals surface area (Å²) in [5.74, 6) is 4.29. The number of quaternary nitrogens is 2. The molecule has 4 aromatic carbocycles. The predicted octanol–water partition coefficient (Wildman–Crippen LogP) is 11.9. The Bertz CT molecular complexity index is 3360. The average Bonchev–Trinajstić information content (AvgIpc) is 4.31. The molecule has 3 aromatic heterocycles. The van der Waals surface area contributed by atoms with Crippen molar-refractivity contribution in [2.45, 2.75) is 168 Å². The maximum atomic E-state index is 12.0. The molecule has 9 rings (SSSR count). The molecule has 7 aromatic rings. The third kappa shape index (κ3) is 17.8. The number of nitrogens with zero attached hydrogens (tertiary/aromatic N) is 8. The number of benzene rings is 4. The minimum absolute atomic E-state index is 0. The van der Waals surface area contributed by atoms with E-state index >= 15 is 0 Å². The van der Waals surface area contributed by atoms with Crippen LogP contribution >= 0.6 is 0 Å². The van der Waals surface area contributed by atoms with Gasteiger partial charge in [-0.05, 0) is 97.2 Å². The molecule has 4 atom stereocenters. The van der Waals surface area contributed by atoms with Crippen molar-refractivity contribution in [3.05, 3.63) is 84.9 Å². The van der Waals surface area contributed by atoms with Crippen LogP contribution in [0, 0.1) is 23.7 Å². The summed E-state index contributed by atoms with van der Waals surface area (Å²) in [6, 6.07) is 22.0. The summed E-state index contributed by atoms with van der Waals surface area (Å²) in [5, 5.41) is 7.57. The fourth-order valence-electron chi connectivity index (χ4n) is 10.9. The van der Waals surface area contributed by atoms with E-state index in [0.29, 0.717) is 32.7 Å². The van der Waals surface area contributed by atoms with Crippen molar-refractivity contribution in [1.82, 2.24) is 39.9 Å². The smallest absolute Gasteiger partial charge is 0.124 e. The first-order valence-electron chi connectivity index (χ1n) is 30.3. The Kier molecular flexibility index (Phi) is 25.8. The van der Waals surface area contributed by atoms with Crippen molar-refractivity contribution in [2.24, 2.45) is 23.7 Å². The Balaban J connectivity index is 0.000000262. The molecule has 2 aliphatic heterocycles. The van der Waals surface area contributed by atoms with E-state index in [1.54, 1.807) is 48.5 Å². The number of unbranched alkanes of at least 4 members (excludes halogenated alkanes) is 4. The number of rotatable bonds is 26. The molecule has 2 aliphatic rings. The van der Waals surface area contributed by atoms with Gasteiger partial charge in [0.05, 0.1) is 59.3 Å². The molecule has 19 heteroatoms. The second-order valence-electron chi connectivity index (χ2n) is 22.1. The molecule has 0 aliphatic carbocycles.